The first-order valence-corrected chi connectivity index (χ1v) is 7.47. The number of amides is 2. The largest absolute Gasteiger partial charge is 0.519 e. The number of H-pyrrole nitrogens is 1. The number of nitrogens with zero attached hydrogens (tertiary/aromatic N) is 3. The Labute approximate surface area is 132 Å². The molecule has 116 valence electrons. The number of hydrogen-bond donors (Lipinski definition) is 1. The Kier molecular flexibility index (Phi) is 2.74. The van der Waals surface area contributed by atoms with Crippen LogP contribution in [0.3, 0.4) is 0 Å². The number of hydrogen-bond acceptors (Lipinski definition) is 4. The maximum atomic E-state index is 12.6. The Morgan fingerprint density at radius 2 is 2.30 bits per heavy atom. The van der Waals surface area contributed by atoms with Gasteiger partial charge in [0.15, 0.2) is 13.2 Å². The summed E-state index contributed by atoms with van der Waals surface area (Å²) in [7, 11) is 0. The summed E-state index contributed by atoms with van der Waals surface area (Å²) in [4.78, 5) is 29.2. The van der Waals surface area contributed by atoms with Crippen molar-refractivity contribution in [1.29, 1.82) is 5.26 Å². The highest BCUT2D eigenvalue weighted by atomic mass is 16.6. The third kappa shape index (κ3) is 1.85. The maximum absolute atomic E-state index is 12.6. The van der Waals surface area contributed by atoms with Crippen LogP contribution in [-0.4, -0.2) is 52.4 Å². The molecular formula is C16H15N4O3+. The van der Waals surface area contributed by atoms with Gasteiger partial charge in [0.2, 0.25) is 6.17 Å². The first-order valence-electron chi connectivity index (χ1n) is 7.47. The first kappa shape index (κ1) is 13.8. The zero-order valence-electron chi connectivity index (χ0n) is 12.6. The highest BCUT2D eigenvalue weighted by Gasteiger charge is 2.76. The SMILES string of the molecule is CCOC(=O)[N+]12CC1N(C(=O)c1cc3ccc(C#N)cc3[nH]1)C2. The van der Waals surface area contributed by atoms with Gasteiger partial charge in [-0.3, -0.25) is 4.79 Å². The van der Waals surface area contributed by atoms with Gasteiger partial charge in [0.1, 0.15) is 5.69 Å². The van der Waals surface area contributed by atoms with Crippen molar-refractivity contribution < 1.29 is 18.8 Å². The molecule has 2 aromatic rings. The molecule has 2 fully saturated rings. The molecule has 0 aliphatic carbocycles. The van der Waals surface area contributed by atoms with E-state index in [1.165, 1.54) is 0 Å². The zero-order chi connectivity index (χ0) is 16.2. The average molecular weight is 311 g/mol. The van der Waals surface area contributed by atoms with Crippen LogP contribution in [0.5, 0.6) is 0 Å². The Morgan fingerprint density at radius 1 is 1.48 bits per heavy atom. The van der Waals surface area contributed by atoms with Crippen LogP contribution in [0.1, 0.15) is 23.0 Å². The number of quaternary nitrogens is 1. The lowest BCUT2D eigenvalue weighted by molar-refractivity contribution is -0.805. The molecule has 7 heteroatoms. The van der Waals surface area contributed by atoms with E-state index in [1.54, 1.807) is 30.0 Å². The Morgan fingerprint density at radius 3 is 3.00 bits per heavy atom. The fourth-order valence-electron chi connectivity index (χ4n) is 3.20. The van der Waals surface area contributed by atoms with Crippen molar-refractivity contribution in [3.8, 4) is 6.07 Å². The van der Waals surface area contributed by atoms with Crippen molar-refractivity contribution in [2.45, 2.75) is 13.1 Å². The van der Waals surface area contributed by atoms with E-state index >= 15 is 0 Å². The zero-order valence-corrected chi connectivity index (χ0v) is 12.6. The molecule has 23 heavy (non-hydrogen) atoms. The van der Waals surface area contributed by atoms with Crippen LogP contribution in [0.25, 0.3) is 10.9 Å². The van der Waals surface area contributed by atoms with E-state index in [2.05, 4.69) is 11.1 Å². The highest BCUT2D eigenvalue weighted by Crippen LogP contribution is 2.45. The molecule has 0 saturated carbocycles. The lowest BCUT2D eigenvalue weighted by Crippen LogP contribution is -2.60. The number of carbonyl (C=O) groups is 2. The molecule has 4 rings (SSSR count). The van der Waals surface area contributed by atoms with Crippen LogP contribution < -0.4 is 0 Å². The summed E-state index contributed by atoms with van der Waals surface area (Å²) in [6.07, 6.45) is -0.348. The summed E-state index contributed by atoms with van der Waals surface area (Å²) in [5, 5.41) is 9.81. The molecular weight excluding hydrogens is 296 g/mol. The minimum Gasteiger partial charge on any atom is -0.420 e. The number of ether oxygens (including phenoxy) is 1. The van der Waals surface area contributed by atoms with Gasteiger partial charge >= 0.3 is 6.09 Å². The van der Waals surface area contributed by atoms with Gasteiger partial charge in [-0.1, -0.05) is 6.07 Å². The van der Waals surface area contributed by atoms with Crippen molar-refractivity contribution in [2.24, 2.45) is 0 Å². The van der Waals surface area contributed by atoms with Crippen molar-refractivity contribution >= 4 is 22.9 Å². The summed E-state index contributed by atoms with van der Waals surface area (Å²) < 4.78 is 5.29. The smallest absolute Gasteiger partial charge is 0.420 e. The molecule has 0 spiro atoms. The third-order valence-corrected chi connectivity index (χ3v) is 4.56. The molecule has 2 atom stereocenters. The van der Waals surface area contributed by atoms with Crippen LogP contribution in [0.15, 0.2) is 24.3 Å². The predicted molar refractivity (Wildman–Crippen MR) is 80.0 cm³/mol. The minimum absolute atomic E-state index is 0.0948. The van der Waals surface area contributed by atoms with Crippen LogP contribution in [-0.2, 0) is 4.74 Å². The number of benzene rings is 1. The normalized spacial score (nSPS) is 24.5. The number of aromatic nitrogens is 1. The summed E-state index contributed by atoms with van der Waals surface area (Å²) in [5.74, 6) is -0.125. The molecule has 3 heterocycles. The van der Waals surface area contributed by atoms with E-state index in [0.29, 0.717) is 31.1 Å². The van der Waals surface area contributed by atoms with E-state index in [1.807, 2.05) is 6.07 Å². The van der Waals surface area contributed by atoms with Crippen molar-refractivity contribution in [1.82, 2.24) is 9.88 Å². The number of rotatable bonds is 2. The predicted octanol–water partition coefficient (Wildman–Crippen LogP) is 1.77. The van der Waals surface area contributed by atoms with Crippen LogP contribution >= 0.6 is 0 Å². The molecule has 1 aromatic carbocycles. The molecule has 2 unspecified atom stereocenters. The molecule has 1 N–H and O–H groups in total. The van der Waals surface area contributed by atoms with E-state index in [4.69, 9.17) is 10.00 Å². The fraction of sp³-hybridized carbons (Fsp3) is 0.312. The van der Waals surface area contributed by atoms with Crippen LogP contribution in [0, 0.1) is 11.3 Å². The summed E-state index contributed by atoms with van der Waals surface area (Å²) in [6.45, 7) is 3.12. The standard InChI is InChI=1S/C16H14N4O3/c1-2-23-16(22)20-8-14(20)19(9-20)15(21)13-6-11-4-3-10(7-17)5-12(11)18-13/h3-6,14H,2,8-9H2,1H3/p+1. The lowest BCUT2D eigenvalue weighted by Gasteiger charge is -2.33. The van der Waals surface area contributed by atoms with E-state index in [0.717, 1.165) is 10.9 Å². The van der Waals surface area contributed by atoms with Crippen LogP contribution in [0.4, 0.5) is 4.79 Å². The summed E-state index contributed by atoms with van der Waals surface area (Å²) in [6, 6.07) is 9.11. The minimum atomic E-state index is -0.253. The fourth-order valence-corrected chi connectivity index (χ4v) is 3.20. The first-order chi connectivity index (χ1) is 11.1. The van der Waals surface area contributed by atoms with Gasteiger partial charge in [-0.15, -0.1) is 0 Å². The highest BCUT2D eigenvalue weighted by molar-refractivity contribution is 5.99. The van der Waals surface area contributed by atoms with Gasteiger partial charge in [-0.2, -0.15) is 14.5 Å². The molecule has 0 radical (unpaired) electrons. The Balaban J connectivity index is 1.53. The van der Waals surface area contributed by atoms with Gasteiger partial charge in [0.25, 0.3) is 5.91 Å². The Bertz CT molecular complexity index is 881. The number of nitriles is 1. The van der Waals surface area contributed by atoms with Crippen molar-refractivity contribution in [3.05, 3.63) is 35.5 Å². The van der Waals surface area contributed by atoms with E-state index in [9.17, 15) is 9.59 Å². The van der Waals surface area contributed by atoms with Crippen LogP contribution in [0.2, 0.25) is 0 Å². The Hall–Kier alpha value is -2.85. The number of aromatic amines is 1. The van der Waals surface area contributed by atoms with E-state index in [-0.39, 0.29) is 22.6 Å². The maximum Gasteiger partial charge on any atom is 0.519 e. The lowest BCUT2D eigenvalue weighted by atomic mass is 10.2. The molecule has 1 aromatic heterocycles. The van der Waals surface area contributed by atoms with Gasteiger partial charge in [0, 0.05) is 10.9 Å². The number of carbonyl (C=O) groups excluding carboxylic acids is 2. The molecule has 2 aliphatic heterocycles. The number of nitrogens with one attached hydrogen (secondary N) is 1. The third-order valence-electron chi connectivity index (χ3n) is 4.56. The monoisotopic (exact) mass is 311 g/mol. The van der Waals surface area contributed by atoms with Crippen molar-refractivity contribution in [2.75, 3.05) is 19.8 Å². The quantitative estimate of drug-likeness (QED) is 0.676. The molecule has 2 saturated heterocycles. The molecule has 2 aliphatic rings. The van der Waals surface area contributed by atoms with Gasteiger partial charge in [-0.25, -0.2) is 4.90 Å². The average Bonchev–Trinajstić information content (AvgIpc) is 2.94. The number of fused-ring (bicyclic) bond motifs is 2. The van der Waals surface area contributed by atoms with Gasteiger partial charge < -0.3 is 9.72 Å². The second kappa shape index (κ2) is 4.57. The second-order valence-electron chi connectivity index (χ2n) is 5.91. The van der Waals surface area contributed by atoms with E-state index < -0.39 is 0 Å². The van der Waals surface area contributed by atoms with Gasteiger partial charge in [-0.05, 0) is 25.1 Å². The molecule has 0 bridgehead atoms. The topological polar surface area (TPSA) is 86.2 Å². The van der Waals surface area contributed by atoms with Gasteiger partial charge in [0.05, 0.1) is 18.2 Å². The van der Waals surface area contributed by atoms with Crippen molar-refractivity contribution in [3.63, 3.8) is 0 Å². The summed E-state index contributed by atoms with van der Waals surface area (Å²) in [5.41, 5.74) is 1.78. The second-order valence-corrected chi connectivity index (χ2v) is 5.91. The molecule has 7 nitrogen and oxygen atoms in total. The molecule has 2 amide bonds. The summed E-state index contributed by atoms with van der Waals surface area (Å²) >= 11 is 0.